The molecule has 0 fully saturated rings. The molecule has 0 aliphatic carbocycles. The molecule has 0 spiro atoms. The van der Waals surface area contributed by atoms with Crippen LogP contribution in [0.3, 0.4) is 0 Å². The summed E-state index contributed by atoms with van der Waals surface area (Å²) in [6.07, 6.45) is 69.1. The third kappa shape index (κ3) is 58.9. The zero-order valence-electron chi connectivity index (χ0n) is 52.2. The molecule has 0 saturated heterocycles. The molecule has 10 heteroatoms. The second-order valence-electron chi connectivity index (χ2n) is 24.4. The van der Waals surface area contributed by atoms with Crippen LogP contribution in [0.4, 0.5) is 0 Å². The zero-order chi connectivity index (χ0) is 56.4. The smallest absolute Gasteiger partial charge is 0.456 e. The van der Waals surface area contributed by atoms with Gasteiger partial charge in [0.1, 0.15) is 19.3 Å². The molecule has 0 heterocycles. The molecule has 0 aromatic rings. The fourth-order valence-electron chi connectivity index (χ4n) is 10.2. The number of hydrogen-bond acceptors (Lipinski definition) is 6. The number of phosphoric acid groups is 1. The van der Waals surface area contributed by atoms with Crippen molar-refractivity contribution < 1.29 is 37.3 Å². The normalized spacial score (nSPS) is 13.7. The van der Waals surface area contributed by atoms with Gasteiger partial charge in [-0.05, 0) is 57.4 Å². The monoisotopic (exact) mass is 1110 g/mol. The number of carbonyl (C=O) groups excluding carboxylic acids is 2. The number of quaternary nitrogens is 1. The minimum atomic E-state index is -4.44. The summed E-state index contributed by atoms with van der Waals surface area (Å²) < 4.78 is 30.7. The molecule has 9 nitrogen and oxygen atoms in total. The lowest BCUT2D eigenvalue weighted by Gasteiger charge is -2.27. The first-order chi connectivity index (χ1) is 37.4. The van der Waals surface area contributed by atoms with Crippen molar-refractivity contribution in [1.29, 1.82) is 0 Å². The van der Waals surface area contributed by atoms with Gasteiger partial charge in [0.2, 0.25) is 5.91 Å². The first-order valence-corrected chi connectivity index (χ1v) is 35.2. The predicted molar refractivity (Wildman–Crippen MR) is 333 cm³/mol. The fourth-order valence-corrected chi connectivity index (χ4v) is 10.9. The summed E-state index contributed by atoms with van der Waals surface area (Å²) in [5, 5.41) is 3.06. The highest BCUT2D eigenvalue weighted by Crippen LogP contribution is 2.43. The first-order valence-electron chi connectivity index (χ1n) is 33.7. The van der Waals surface area contributed by atoms with Gasteiger partial charge in [0.15, 0.2) is 0 Å². The molecule has 0 bridgehead atoms. The van der Waals surface area contributed by atoms with Crippen molar-refractivity contribution in [2.45, 2.75) is 354 Å². The van der Waals surface area contributed by atoms with E-state index in [1.54, 1.807) is 0 Å². The van der Waals surface area contributed by atoms with Gasteiger partial charge < -0.3 is 19.4 Å². The molecule has 0 saturated carbocycles. The SMILES string of the molecule is CCCCCC/C=C\CCCCCCCCCC(=O)NC(COP(=O)(O)OCC[N+](C)(C)C)C(/C=C\CCCCCCCCCCC)OC(=O)CCCCCCCCCCCCCCCCCCCCCCCCCCC. The van der Waals surface area contributed by atoms with E-state index in [0.29, 0.717) is 23.9 Å². The number of esters is 1. The van der Waals surface area contributed by atoms with Gasteiger partial charge in [-0.1, -0.05) is 296 Å². The Kier molecular flexibility index (Phi) is 56.6. The molecular formula is C67H132N2O7P+. The highest BCUT2D eigenvalue weighted by molar-refractivity contribution is 7.47. The minimum absolute atomic E-state index is 0.0429. The van der Waals surface area contributed by atoms with E-state index in [1.807, 2.05) is 33.3 Å². The number of nitrogens with one attached hydrogen (secondary N) is 1. The number of carbonyl (C=O) groups is 2. The van der Waals surface area contributed by atoms with Crippen LogP contribution < -0.4 is 5.32 Å². The second kappa shape index (κ2) is 57.7. The molecule has 1 amide bonds. The molecule has 0 aromatic carbocycles. The number of phosphoric ester groups is 1. The van der Waals surface area contributed by atoms with Crippen molar-refractivity contribution in [2.24, 2.45) is 0 Å². The summed E-state index contributed by atoms with van der Waals surface area (Å²) in [5.74, 6) is -0.492. The summed E-state index contributed by atoms with van der Waals surface area (Å²) >= 11 is 0. The highest BCUT2D eigenvalue weighted by Gasteiger charge is 2.30. The largest absolute Gasteiger partial charge is 0.472 e. The van der Waals surface area contributed by atoms with Crippen LogP contribution in [-0.4, -0.2) is 74.3 Å². The van der Waals surface area contributed by atoms with E-state index >= 15 is 0 Å². The average Bonchev–Trinajstić information content (AvgIpc) is 3.39. The summed E-state index contributed by atoms with van der Waals surface area (Å²) in [7, 11) is 1.51. The Hall–Kier alpha value is -1.51. The number of nitrogens with zero attached hydrogens (tertiary/aromatic N) is 1. The fraction of sp³-hybridized carbons (Fsp3) is 0.910. The Labute approximate surface area is 479 Å². The van der Waals surface area contributed by atoms with Gasteiger partial charge in [-0.25, -0.2) is 4.57 Å². The van der Waals surface area contributed by atoms with Gasteiger partial charge in [-0.3, -0.25) is 18.6 Å². The first kappa shape index (κ1) is 75.5. The number of amides is 1. The summed E-state index contributed by atoms with van der Waals surface area (Å²) in [6, 6.07) is -0.845. The lowest BCUT2D eigenvalue weighted by Crippen LogP contribution is -2.47. The number of ether oxygens (including phenoxy) is 1. The van der Waals surface area contributed by atoms with Crippen LogP contribution >= 0.6 is 7.82 Å². The van der Waals surface area contributed by atoms with Crippen molar-refractivity contribution in [3.05, 3.63) is 24.3 Å². The molecule has 0 aromatic heterocycles. The maximum Gasteiger partial charge on any atom is 0.472 e. The van der Waals surface area contributed by atoms with E-state index in [0.717, 1.165) is 64.2 Å². The van der Waals surface area contributed by atoms with E-state index < -0.39 is 20.0 Å². The molecule has 77 heavy (non-hydrogen) atoms. The lowest BCUT2D eigenvalue weighted by atomic mass is 10.0. The topological polar surface area (TPSA) is 111 Å². The Morgan fingerprint density at radius 3 is 1.12 bits per heavy atom. The molecule has 2 N–H and O–H groups in total. The zero-order valence-corrected chi connectivity index (χ0v) is 53.1. The molecule has 0 rings (SSSR count). The van der Waals surface area contributed by atoms with Gasteiger partial charge in [0.25, 0.3) is 0 Å². The van der Waals surface area contributed by atoms with E-state index in [4.69, 9.17) is 13.8 Å². The lowest BCUT2D eigenvalue weighted by molar-refractivity contribution is -0.870. The van der Waals surface area contributed by atoms with Crippen LogP contribution in [0.1, 0.15) is 342 Å². The van der Waals surface area contributed by atoms with Crippen molar-refractivity contribution in [2.75, 3.05) is 40.9 Å². The van der Waals surface area contributed by atoms with Crippen LogP contribution in [0, 0.1) is 0 Å². The molecule has 0 radical (unpaired) electrons. The second-order valence-corrected chi connectivity index (χ2v) is 25.8. The Morgan fingerprint density at radius 2 is 0.753 bits per heavy atom. The van der Waals surface area contributed by atoms with Gasteiger partial charge in [-0.2, -0.15) is 0 Å². The minimum Gasteiger partial charge on any atom is -0.456 e. The van der Waals surface area contributed by atoms with Crippen LogP contribution in [0.5, 0.6) is 0 Å². The van der Waals surface area contributed by atoms with Crippen molar-refractivity contribution in [1.82, 2.24) is 5.32 Å². The van der Waals surface area contributed by atoms with Crippen molar-refractivity contribution in [3.63, 3.8) is 0 Å². The predicted octanol–water partition coefficient (Wildman–Crippen LogP) is 20.9. The number of allylic oxidation sites excluding steroid dienone is 3. The Bertz CT molecular complexity index is 1370. The van der Waals surface area contributed by atoms with Gasteiger partial charge in [-0.15, -0.1) is 0 Å². The average molecular weight is 1110 g/mol. The van der Waals surface area contributed by atoms with Gasteiger partial charge in [0, 0.05) is 12.8 Å². The molecule has 0 aliphatic rings. The molecule has 0 aliphatic heterocycles. The Balaban J connectivity index is 4.99. The molecule has 3 unspecified atom stereocenters. The van der Waals surface area contributed by atoms with Gasteiger partial charge in [0.05, 0.1) is 33.8 Å². The van der Waals surface area contributed by atoms with Gasteiger partial charge >= 0.3 is 13.8 Å². The number of likely N-dealkylation sites (N-methyl/N-ethyl adjacent to an activating group) is 1. The van der Waals surface area contributed by atoms with E-state index in [-0.39, 0.29) is 25.1 Å². The third-order valence-corrected chi connectivity index (χ3v) is 16.4. The van der Waals surface area contributed by atoms with E-state index in [1.165, 1.54) is 244 Å². The summed E-state index contributed by atoms with van der Waals surface area (Å²) in [5.41, 5.74) is 0. The number of hydrogen-bond donors (Lipinski definition) is 2. The van der Waals surface area contributed by atoms with Crippen LogP contribution in [0.2, 0.25) is 0 Å². The quantitative estimate of drug-likeness (QED) is 0.0205. The van der Waals surface area contributed by atoms with E-state index in [2.05, 4.69) is 38.2 Å². The molecular weight excluding hydrogens is 976 g/mol. The standard InChI is InChI=1S/C67H131N2O7P/c1-7-10-13-16-19-22-25-27-29-30-31-32-33-34-35-36-37-38-40-42-45-48-51-54-57-60-67(71)76-65(58-55-52-49-46-43-24-21-18-15-12-9-3)64(63-75-77(72,73)74-62-61-69(4,5)6)68-66(70)59-56-53-50-47-44-41-39-28-26-23-20-17-14-11-8-2/h23,26,55,58,64-65H,7-22,24-25,27-54,56-57,59-63H2,1-6H3,(H-,68,70,72,73)/p+1/b26-23-,58-55-. The maximum atomic E-state index is 13.5. The van der Waals surface area contributed by atoms with E-state index in [9.17, 15) is 19.0 Å². The molecule has 456 valence electrons. The van der Waals surface area contributed by atoms with Crippen LogP contribution in [0.25, 0.3) is 0 Å². The summed E-state index contributed by atoms with van der Waals surface area (Å²) in [4.78, 5) is 37.7. The Morgan fingerprint density at radius 1 is 0.442 bits per heavy atom. The van der Waals surface area contributed by atoms with Crippen LogP contribution in [0.15, 0.2) is 24.3 Å². The third-order valence-electron chi connectivity index (χ3n) is 15.4. The van der Waals surface area contributed by atoms with Crippen molar-refractivity contribution >= 4 is 19.7 Å². The highest BCUT2D eigenvalue weighted by atomic mass is 31.2. The number of unbranched alkanes of at least 4 members (excludes halogenated alkanes) is 44. The van der Waals surface area contributed by atoms with Crippen molar-refractivity contribution in [3.8, 4) is 0 Å². The number of rotatable bonds is 62. The maximum absolute atomic E-state index is 13.5. The molecule has 3 atom stereocenters. The van der Waals surface area contributed by atoms with Crippen LogP contribution in [-0.2, 0) is 27.9 Å². The summed E-state index contributed by atoms with van der Waals surface area (Å²) in [6.45, 7) is 7.04.